The van der Waals surface area contributed by atoms with Gasteiger partial charge in [-0.1, -0.05) is 63.3 Å². The number of hydrogen-bond acceptors (Lipinski definition) is 2. The van der Waals surface area contributed by atoms with Crippen LogP contribution in [0.5, 0.6) is 0 Å². The second-order valence-electron chi connectivity index (χ2n) is 7.09. The van der Waals surface area contributed by atoms with Crippen molar-refractivity contribution in [2.24, 2.45) is 0 Å². The van der Waals surface area contributed by atoms with E-state index in [-0.39, 0.29) is 5.91 Å². The van der Waals surface area contributed by atoms with E-state index in [1.54, 1.807) is 6.20 Å². The number of amides is 1. The first kappa shape index (κ1) is 19.2. The van der Waals surface area contributed by atoms with Crippen molar-refractivity contribution in [3.63, 3.8) is 0 Å². The van der Waals surface area contributed by atoms with E-state index < -0.39 is 0 Å². The van der Waals surface area contributed by atoms with Crippen molar-refractivity contribution in [1.82, 2.24) is 14.9 Å². The number of benzene rings is 1. The van der Waals surface area contributed by atoms with Crippen molar-refractivity contribution in [2.45, 2.75) is 52.0 Å². The summed E-state index contributed by atoms with van der Waals surface area (Å²) < 4.78 is 0. The van der Waals surface area contributed by atoms with Crippen molar-refractivity contribution >= 4 is 16.8 Å². The van der Waals surface area contributed by atoms with Gasteiger partial charge in [0.25, 0.3) is 5.91 Å². The maximum absolute atomic E-state index is 13.2. The Kier molecular flexibility index (Phi) is 7.03. The number of nitrogens with one attached hydrogen (secondary N) is 1. The molecule has 4 nitrogen and oxygen atoms in total. The molecule has 1 N–H and O–H groups in total. The molecule has 0 atom stereocenters. The predicted molar refractivity (Wildman–Crippen MR) is 111 cm³/mol. The van der Waals surface area contributed by atoms with Gasteiger partial charge in [-0.05, 0) is 30.7 Å². The van der Waals surface area contributed by atoms with Crippen molar-refractivity contribution in [3.8, 4) is 0 Å². The van der Waals surface area contributed by atoms with Crippen LogP contribution in [0.4, 0.5) is 0 Å². The predicted octanol–water partition coefficient (Wildman–Crippen LogP) is 5.57. The number of nitrogens with zero attached hydrogens (tertiary/aromatic N) is 2. The number of carbonyl (C=O) groups excluding carboxylic acids is 1. The summed E-state index contributed by atoms with van der Waals surface area (Å²) in [7, 11) is 0. The molecule has 0 aliphatic heterocycles. The molecule has 0 aliphatic carbocycles. The number of unbranched alkanes of at least 4 members (excludes halogenated alkanes) is 5. The number of para-hydroxylation sites is 1. The lowest BCUT2D eigenvalue weighted by atomic mass is 10.1. The number of aromatic nitrogens is 2. The van der Waals surface area contributed by atoms with E-state index in [1.165, 1.54) is 32.1 Å². The van der Waals surface area contributed by atoms with Crippen LogP contribution in [0.2, 0.25) is 0 Å². The number of H-pyrrole nitrogens is 1. The molecule has 0 bridgehead atoms. The maximum Gasteiger partial charge on any atom is 0.270 e. The molecular formula is C23H29N3O. The zero-order chi connectivity index (χ0) is 18.9. The molecule has 0 unspecified atom stereocenters. The molecule has 142 valence electrons. The molecule has 0 radical (unpaired) electrons. The minimum Gasteiger partial charge on any atom is -0.351 e. The molecule has 1 aromatic carbocycles. The molecule has 3 rings (SSSR count). The number of hydrogen-bond donors (Lipinski definition) is 1. The molecular weight excluding hydrogens is 334 g/mol. The number of pyridine rings is 1. The van der Waals surface area contributed by atoms with Crippen LogP contribution in [0.3, 0.4) is 0 Å². The van der Waals surface area contributed by atoms with Crippen LogP contribution in [-0.4, -0.2) is 27.3 Å². The van der Waals surface area contributed by atoms with Crippen LogP contribution in [0.25, 0.3) is 10.9 Å². The molecule has 2 aromatic heterocycles. The maximum atomic E-state index is 13.2. The molecule has 3 aromatic rings. The van der Waals surface area contributed by atoms with Gasteiger partial charge in [0, 0.05) is 23.6 Å². The van der Waals surface area contributed by atoms with Gasteiger partial charge in [-0.3, -0.25) is 9.78 Å². The summed E-state index contributed by atoms with van der Waals surface area (Å²) in [5.74, 6) is 0.0467. The largest absolute Gasteiger partial charge is 0.351 e. The minimum atomic E-state index is 0.0467. The summed E-state index contributed by atoms with van der Waals surface area (Å²) in [6, 6.07) is 15.8. The van der Waals surface area contributed by atoms with Gasteiger partial charge in [0.15, 0.2) is 0 Å². The Hall–Kier alpha value is -2.62. The first-order valence-corrected chi connectivity index (χ1v) is 10.0. The molecule has 0 saturated heterocycles. The van der Waals surface area contributed by atoms with Gasteiger partial charge >= 0.3 is 0 Å². The quantitative estimate of drug-likeness (QED) is 0.479. The van der Waals surface area contributed by atoms with E-state index in [0.717, 1.165) is 29.6 Å². The molecule has 4 heteroatoms. The molecule has 2 heterocycles. The molecule has 1 amide bonds. The van der Waals surface area contributed by atoms with Crippen molar-refractivity contribution in [3.05, 3.63) is 66.1 Å². The lowest BCUT2D eigenvalue weighted by Crippen LogP contribution is -2.32. The average molecular weight is 364 g/mol. The fraction of sp³-hybridized carbons (Fsp3) is 0.391. The highest BCUT2D eigenvalue weighted by Crippen LogP contribution is 2.17. The molecule has 0 saturated carbocycles. The van der Waals surface area contributed by atoms with Gasteiger partial charge in [0.1, 0.15) is 5.69 Å². The van der Waals surface area contributed by atoms with Crippen LogP contribution < -0.4 is 0 Å². The lowest BCUT2D eigenvalue weighted by molar-refractivity contribution is 0.0733. The number of carbonyl (C=O) groups is 1. The lowest BCUT2D eigenvalue weighted by Gasteiger charge is -2.22. The standard InChI is InChI=1S/C23H29N3O/c1-2-3-4-5-6-11-16-26(18-20-13-9-10-15-24-20)23(27)22-17-19-12-7-8-14-21(19)25-22/h7-10,12-15,17,25H,2-6,11,16,18H2,1H3. The Morgan fingerprint density at radius 3 is 2.56 bits per heavy atom. The zero-order valence-electron chi connectivity index (χ0n) is 16.2. The monoisotopic (exact) mass is 363 g/mol. The third kappa shape index (κ3) is 5.43. The fourth-order valence-electron chi connectivity index (χ4n) is 3.38. The Bertz CT molecular complexity index is 808. The van der Waals surface area contributed by atoms with E-state index >= 15 is 0 Å². The van der Waals surface area contributed by atoms with Gasteiger partial charge in [0.2, 0.25) is 0 Å². The summed E-state index contributed by atoms with van der Waals surface area (Å²) in [4.78, 5) is 22.7. The first-order valence-electron chi connectivity index (χ1n) is 10.0. The van der Waals surface area contributed by atoms with Crippen molar-refractivity contribution in [1.29, 1.82) is 0 Å². The van der Waals surface area contributed by atoms with Gasteiger partial charge in [-0.2, -0.15) is 0 Å². The second-order valence-corrected chi connectivity index (χ2v) is 7.09. The Balaban J connectivity index is 1.68. The summed E-state index contributed by atoms with van der Waals surface area (Å²) >= 11 is 0. The van der Waals surface area contributed by atoms with Crippen LogP contribution >= 0.6 is 0 Å². The van der Waals surface area contributed by atoms with Crippen molar-refractivity contribution in [2.75, 3.05) is 6.54 Å². The Morgan fingerprint density at radius 1 is 1.00 bits per heavy atom. The molecule has 0 fully saturated rings. The van der Waals surface area contributed by atoms with Crippen LogP contribution in [0, 0.1) is 0 Å². The van der Waals surface area contributed by atoms with E-state index in [0.29, 0.717) is 12.2 Å². The normalized spacial score (nSPS) is 11.0. The van der Waals surface area contributed by atoms with Crippen LogP contribution in [0.1, 0.15) is 61.6 Å². The van der Waals surface area contributed by atoms with Gasteiger partial charge in [-0.25, -0.2) is 0 Å². The molecule has 0 aliphatic rings. The average Bonchev–Trinajstić information content (AvgIpc) is 3.14. The summed E-state index contributed by atoms with van der Waals surface area (Å²) in [5, 5.41) is 1.07. The fourth-order valence-corrected chi connectivity index (χ4v) is 3.38. The third-order valence-corrected chi connectivity index (χ3v) is 4.91. The summed E-state index contributed by atoms with van der Waals surface area (Å²) in [5.41, 5.74) is 2.57. The van der Waals surface area contributed by atoms with Crippen LogP contribution in [0.15, 0.2) is 54.7 Å². The highest BCUT2D eigenvalue weighted by Gasteiger charge is 2.18. The second kappa shape index (κ2) is 9.91. The summed E-state index contributed by atoms with van der Waals surface area (Å²) in [6.45, 7) is 3.54. The van der Waals surface area contributed by atoms with E-state index in [2.05, 4.69) is 16.9 Å². The molecule has 0 spiro atoms. The minimum absolute atomic E-state index is 0.0467. The SMILES string of the molecule is CCCCCCCCN(Cc1ccccn1)C(=O)c1cc2ccccc2[nH]1. The van der Waals surface area contributed by atoms with Gasteiger partial charge in [0.05, 0.1) is 12.2 Å². The highest BCUT2D eigenvalue weighted by atomic mass is 16.2. The van der Waals surface area contributed by atoms with Crippen molar-refractivity contribution < 1.29 is 4.79 Å². The zero-order valence-corrected chi connectivity index (χ0v) is 16.2. The highest BCUT2D eigenvalue weighted by molar-refractivity contribution is 5.98. The van der Waals surface area contributed by atoms with Crippen LogP contribution in [-0.2, 0) is 6.54 Å². The topological polar surface area (TPSA) is 49.0 Å². The van der Waals surface area contributed by atoms with Gasteiger partial charge < -0.3 is 9.88 Å². The number of rotatable bonds is 10. The number of aromatic amines is 1. The van der Waals surface area contributed by atoms with E-state index in [1.807, 2.05) is 53.4 Å². The molecule has 27 heavy (non-hydrogen) atoms. The third-order valence-electron chi connectivity index (χ3n) is 4.91. The summed E-state index contributed by atoms with van der Waals surface area (Å²) in [6.07, 6.45) is 9.06. The number of fused-ring (bicyclic) bond motifs is 1. The smallest absolute Gasteiger partial charge is 0.270 e. The van der Waals surface area contributed by atoms with E-state index in [9.17, 15) is 4.79 Å². The first-order chi connectivity index (χ1) is 13.3. The van der Waals surface area contributed by atoms with E-state index in [4.69, 9.17) is 0 Å². The Labute approximate surface area is 161 Å². The Morgan fingerprint density at radius 2 is 1.78 bits per heavy atom. The van der Waals surface area contributed by atoms with Gasteiger partial charge in [-0.15, -0.1) is 0 Å².